The first kappa shape index (κ1) is 18.0. The molecule has 3 rings (SSSR count). The van der Waals surface area contributed by atoms with Gasteiger partial charge in [-0.1, -0.05) is 23.7 Å². The van der Waals surface area contributed by atoms with E-state index in [1.807, 2.05) is 0 Å². The number of β-amino-alcohol motifs (C(OH)–C–C–N with tert-alkyl or cyclic N) is 1. The second-order valence-corrected chi connectivity index (χ2v) is 6.25. The third-order valence-electron chi connectivity index (χ3n) is 4.21. The summed E-state index contributed by atoms with van der Waals surface area (Å²) in [5.41, 5.74) is 0.808. The summed E-state index contributed by atoms with van der Waals surface area (Å²) in [6, 6.07) is 11.3. The Morgan fingerprint density at radius 2 is 1.65 bits per heavy atom. The van der Waals surface area contributed by atoms with Crippen LogP contribution in [0.4, 0.5) is 0 Å². The molecule has 1 aliphatic heterocycles. The number of aliphatic hydroxyl groups excluding tert-OH is 2. The van der Waals surface area contributed by atoms with Crippen molar-refractivity contribution in [2.45, 2.75) is 6.04 Å². The van der Waals surface area contributed by atoms with Crippen molar-refractivity contribution in [3.8, 4) is 5.75 Å². The first-order valence-electron chi connectivity index (χ1n) is 7.88. The van der Waals surface area contributed by atoms with Gasteiger partial charge in [0.2, 0.25) is 0 Å². The van der Waals surface area contributed by atoms with Crippen molar-refractivity contribution >= 4 is 29.1 Å². The van der Waals surface area contributed by atoms with Gasteiger partial charge in [0, 0.05) is 17.1 Å². The van der Waals surface area contributed by atoms with Crippen molar-refractivity contribution in [2.24, 2.45) is 0 Å². The van der Waals surface area contributed by atoms with Gasteiger partial charge < -0.3 is 20.2 Å². The van der Waals surface area contributed by atoms with E-state index >= 15 is 0 Å². The van der Waals surface area contributed by atoms with Gasteiger partial charge in [0.25, 0.3) is 11.7 Å². The topological polar surface area (TPSA) is 98.1 Å². The maximum Gasteiger partial charge on any atom is 0.295 e. The predicted molar refractivity (Wildman–Crippen MR) is 95.7 cm³/mol. The predicted octanol–water partition coefficient (Wildman–Crippen LogP) is 2.46. The third-order valence-corrected chi connectivity index (χ3v) is 4.46. The molecule has 1 fully saturated rings. The van der Waals surface area contributed by atoms with Crippen LogP contribution in [0.3, 0.4) is 0 Å². The number of aromatic hydroxyl groups is 1. The molecular formula is C19H16ClNO5. The highest BCUT2D eigenvalue weighted by atomic mass is 35.5. The molecule has 1 atom stereocenters. The minimum Gasteiger partial charge on any atom is -0.508 e. The highest BCUT2D eigenvalue weighted by Gasteiger charge is 2.45. The van der Waals surface area contributed by atoms with Gasteiger partial charge >= 0.3 is 0 Å². The molecule has 0 radical (unpaired) electrons. The molecule has 0 aliphatic carbocycles. The molecular weight excluding hydrogens is 358 g/mol. The second-order valence-electron chi connectivity index (χ2n) is 5.81. The number of aliphatic hydroxyl groups is 2. The zero-order chi connectivity index (χ0) is 18.8. The van der Waals surface area contributed by atoms with E-state index in [-0.39, 0.29) is 30.2 Å². The quantitative estimate of drug-likeness (QED) is 0.434. The Morgan fingerprint density at radius 1 is 1.04 bits per heavy atom. The number of carbonyl (C=O) groups excluding carboxylic acids is 2. The Bertz CT molecular complexity index is 874. The van der Waals surface area contributed by atoms with Gasteiger partial charge in [0.1, 0.15) is 11.5 Å². The van der Waals surface area contributed by atoms with Crippen LogP contribution in [0.2, 0.25) is 5.02 Å². The molecule has 0 spiro atoms. The fourth-order valence-electron chi connectivity index (χ4n) is 2.98. The lowest BCUT2D eigenvalue weighted by Gasteiger charge is -2.24. The molecule has 1 aliphatic rings. The standard InChI is InChI=1S/C19H16ClNO5/c20-13-5-1-12(2-6-13)17(24)15-16(11-3-7-14(23)8-4-11)21(9-10-22)19(26)18(15)25/h1-8,16,22-24H,9-10H2/b17-15+/t16-/m0/s1. The van der Waals surface area contributed by atoms with Crippen LogP contribution >= 0.6 is 11.6 Å². The number of hydrogen-bond donors (Lipinski definition) is 3. The highest BCUT2D eigenvalue weighted by molar-refractivity contribution is 6.46. The van der Waals surface area contributed by atoms with Gasteiger partial charge in [-0.3, -0.25) is 9.59 Å². The molecule has 0 aromatic heterocycles. The van der Waals surface area contributed by atoms with Crippen molar-refractivity contribution < 1.29 is 24.9 Å². The van der Waals surface area contributed by atoms with Crippen molar-refractivity contribution in [2.75, 3.05) is 13.2 Å². The van der Waals surface area contributed by atoms with Gasteiger partial charge in [-0.15, -0.1) is 0 Å². The van der Waals surface area contributed by atoms with Crippen LogP contribution < -0.4 is 0 Å². The fraction of sp³-hybridized carbons (Fsp3) is 0.158. The summed E-state index contributed by atoms with van der Waals surface area (Å²) in [5.74, 6) is -1.92. The normalized spacial score (nSPS) is 19.2. The van der Waals surface area contributed by atoms with E-state index < -0.39 is 17.7 Å². The molecule has 2 aromatic carbocycles. The smallest absolute Gasteiger partial charge is 0.295 e. The Morgan fingerprint density at radius 3 is 2.23 bits per heavy atom. The van der Waals surface area contributed by atoms with Crippen LogP contribution in [0.1, 0.15) is 17.2 Å². The average molecular weight is 374 g/mol. The molecule has 1 amide bonds. The van der Waals surface area contributed by atoms with Crippen molar-refractivity contribution in [3.63, 3.8) is 0 Å². The van der Waals surface area contributed by atoms with E-state index in [2.05, 4.69) is 0 Å². The van der Waals surface area contributed by atoms with Crippen LogP contribution in [0.25, 0.3) is 5.76 Å². The summed E-state index contributed by atoms with van der Waals surface area (Å²) < 4.78 is 0. The largest absolute Gasteiger partial charge is 0.508 e. The van der Waals surface area contributed by atoms with E-state index in [1.165, 1.54) is 17.0 Å². The van der Waals surface area contributed by atoms with Gasteiger partial charge in [-0.2, -0.15) is 0 Å². The highest BCUT2D eigenvalue weighted by Crippen LogP contribution is 2.39. The molecule has 1 heterocycles. The van der Waals surface area contributed by atoms with E-state index in [0.717, 1.165) is 0 Å². The van der Waals surface area contributed by atoms with Crippen LogP contribution in [-0.2, 0) is 9.59 Å². The molecule has 26 heavy (non-hydrogen) atoms. The van der Waals surface area contributed by atoms with Crippen molar-refractivity contribution in [3.05, 3.63) is 70.3 Å². The lowest BCUT2D eigenvalue weighted by molar-refractivity contribution is -0.140. The molecule has 0 bridgehead atoms. The van der Waals surface area contributed by atoms with Crippen LogP contribution in [0.15, 0.2) is 54.1 Å². The van der Waals surface area contributed by atoms with Crippen LogP contribution in [0, 0.1) is 0 Å². The fourth-order valence-corrected chi connectivity index (χ4v) is 3.11. The van der Waals surface area contributed by atoms with Gasteiger partial charge in [0.05, 0.1) is 18.2 Å². The Kier molecular flexibility index (Phi) is 4.97. The molecule has 0 unspecified atom stereocenters. The zero-order valence-electron chi connectivity index (χ0n) is 13.6. The van der Waals surface area contributed by atoms with Gasteiger partial charge in [-0.25, -0.2) is 0 Å². The number of ketones is 1. The van der Waals surface area contributed by atoms with Crippen molar-refractivity contribution in [1.82, 2.24) is 4.90 Å². The number of phenols is 1. The number of Topliss-reactive ketones (excluding diaryl/α,β-unsaturated/α-hetero) is 1. The molecule has 1 saturated heterocycles. The minimum absolute atomic E-state index is 0.0329. The second kappa shape index (κ2) is 7.19. The van der Waals surface area contributed by atoms with Gasteiger partial charge in [-0.05, 0) is 42.0 Å². The van der Waals surface area contributed by atoms with Gasteiger partial charge in [0.15, 0.2) is 0 Å². The Hall–Kier alpha value is -2.83. The molecule has 0 saturated carbocycles. The molecule has 6 nitrogen and oxygen atoms in total. The SMILES string of the molecule is O=C1C(=O)N(CCO)[C@@H](c2ccc(O)cc2)/C1=C(\O)c1ccc(Cl)cc1. The maximum atomic E-state index is 12.6. The molecule has 3 N–H and O–H groups in total. The zero-order valence-corrected chi connectivity index (χ0v) is 14.3. The number of benzene rings is 2. The summed E-state index contributed by atoms with van der Waals surface area (Å²) in [7, 11) is 0. The summed E-state index contributed by atoms with van der Waals surface area (Å²) in [6.07, 6.45) is 0. The lowest BCUT2D eigenvalue weighted by atomic mass is 9.95. The maximum absolute atomic E-state index is 12.6. The number of carbonyl (C=O) groups is 2. The van der Waals surface area contributed by atoms with E-state index in [1.54, 1.807) is 36.4 Å². The number of phenolic OH excluding ortho intramolecular Hbond substituents is 1. The summed E-state index contributed by atoms with van der Waals surface area (Å²) in [4.78, 5) is 26.2. The van der Waals surface area contributed by atoms with E-state index in [0.29, 0.717) is 16.1 Å². The van der Waals surface area contributed by atoms with E-state index in [4.69, 9.17) is 11.6 Å². The molecule has 2 aromatic rings. The molecule has 7 heteroatoms. The summed E-state index contributed by atoms with van der Waals surface area (Å²) in [5, 5.41) is 29.9. The van der Waals surface area contributed by atoms with Crippen LogP contribution in [-0.4, -0.2) is 45.1 Å². The monoisotopic (exact) mass is 373 g/mol. The summed E-state index contributed by atoms with van der Waals surface area (Å²) in [6.45, 7) is -0.393. The number of hydrogen-bond acceptors (Lipinski definition) is 5. The number of likely N-dealkylation sites (tertiary alicyclic amines) is 1. The minimum atomic E-state index is -0.863. The number of rotatable bonds is 4. The summed E-state index contributed by atoms with van der Waals surface area (Å²) >= 11 is 5.85. The van der Waals surface area contributed by atoms with Crippen LogP contribution in [0.5, 0.6) is 5.75 Å². The van der Waals surface area contributed by atoms with Crippen molar-refractivity contribution in [1.29, 1.82) is 0 Å². The Labute approximate surface area is 154 Å². The Balaban J connectivity index is 2.17. The number of halogens is 1. The number of nitrogens with zero attached hydrogens (tertiary/aromatic N) is 1. The third kappa shape index (κ3) is 3.16. The van der Waals surface area contributed by atoms with E-state index in [9.17, 15) is 24.9 Å². The number of amides is 1. The first-order valence-corrected chi connectivity index (χ1v) is 8.26. The molecule has 134 valence electrons. The first-order chi connectivity index (χ1) is 12.4. The average Bonchev–Trinajstić information content (AvgIpc) is 2.88. The lowest BCUT2D eigenvalue weighted by Crippen LogP contribution is -2.32.